The number of nitrogens with two attached hydrogens (primary N) is 1. The summed E-state index contributed by atoms with van der Waals surface area (Å²) in [6.07, 6.45) is 1.82. The van der Waals surface area contributed by atoms with Crippen LogP contribution in [0.5, 0.6) is 0 Å². The minimum absolute atomic E-state index is 0.0467. The molecule has 0 saturated carbocycles. The highest BCUT2D eigenvalue weighted by Gasteiger charge is 2.09. The summed E-state index contributed by atoms with van der Waals surface area (Å²) >= 11 is 1.56. The van der Waals surface area contributed by atoms with Gasteiger partial charge in [0.2, 0.25) is 0 Å². The lowest BCUT2D eigenvalue weighted by atomic mass is 10.4. The normalized spacial score (nSPS) is 13.6. The molecule has 0 spiro atoms. The number of aliphatic hydroxyl groups is 1. The van der Waals surface area contributed by atoms with Crippen LogP contribution in [0.4, 0.5) is 0 Å². The zero-order valence-electron chi connectivity index (χ0n) is 7.90. The standard InChI is InChI=1S/C8H15N3OS/c1-11(2)4-6-3-10-8(13-6)7(9)5-12/h3,7,12H,4-5,9H2,1-2H3. The summed E-state index contributed by atoms with van der Waals surface area (Å²) in [6, 6.07) is -0.332. The van der Waals surface area contributed by atoms with Crippen molar-refractivity contribution in [2.45, 2.75) is 12.6 Å². The van der Waals surface area contributed by atoms with Gasteiger partial charge in [0.15, 0.2) is 0 Å². The molecule has 1 heterocycles. The van der Waals surface area contributed by atoms with E-state index >= 15 is 0 Å². The number of hydrogen-bond donors (Lipinski definition) is 2. The first-order chi connectivity index (χ1) is 6.13. The summed E-state index contributed by atoms with van der Waals surface area (Å²) in [5, 5.41) is 9.62. The number of aromatic nitrogens is 1. The lowest BCUT2D eigenvalue weighted by Gasteiger charge is -2.05. The minimum atomic E-state index is -0.332. The Balaban J connectivity index is 2.63. The van der Waals surface area contributed by atoms with Gasteiger partial charge in [0.1, 0.15) is 5.01 Å². The van der Waals surface area contributed by atoms with Crippen LogP contribution in [0.25, 0.3) is 0 Å². The van der Waals surface area contributed by atoms with E-state index in [1.54, 1.807) is 11.3 Å². The highest BCUT2D eigenvalue weighted by molar-refractivity contribution is 7.11. The molecule has 4 nitrogen and oxygen atoms in total. The summed E-state index contributed by atoms with van der Waals surface area (Å²) in [5.74, 6) is 0. The second-order valence-electron chi connectivity index (χ2n) is 3.19. The Morgan fingerprint density at radius 1 is 1.69 bits per heavy atom. The minimum Gasteiger partial charge on any atom is -0.394 e. The van der Waals surface area contributed by atoms with E-state index in [1.165, 1.54) is 4.88 Å². The van der Waals surface area contributed by atoms with Gasteiger partial charge in [0.25, 0.3) is 0 Å². The molecule has 1 aromatic heterocycles. The molecule has 0 bridgehead atoms. The molecule has 13 heavy (non-hydrogen) atoms. The van der Waals surface area contributed by atoms with Crippen molar-refractivity contribution in [3.8, 4) is 0 Å². The molecule has 1 rings (SSSR count). The van der Waals surface area contributed by atoms with Crippen molar-refractivity contribution in [1.29, 1.82) is 0 Å². The third kappa shape index (κ3) is 3.04. The Bertz CT molecular complexity index is 262. The van der Waals surface area contributed by atoms with Gasteiger partial charge in [0.05, 0.1) is 12.6 Å². The molecule has 1 unspecified atom stereocenters. The number of nitrogens with zero attached hydrogens (tertiary/aromatic N) is 2. The van der Waals surface area contributed by atoms with Crippen molar-refractivity contribution in [2.75, 3.05) is 20.7 Å². The molecular formula is C8H15N3OS. The molecule has 74 valence electrons. The molecular weight excluding hydrogens is 186 g/mol. The van der Waals surface area contributed by atoms with E-state index < -0.39 is 0 Å². The number of aliphatic hydroxyl groups excluding tert-OH is 1. The van der Waals surface area contributed by atoms with Gasteiger partial charge in [0, 0.05) is 17.6 Å². The molecule has 0 aliphatic rings. The molecule has 0 aliphatic heterocycles. The Hall–Kier alpha value is -0.490. The Labute approximate surface area is 82.0 Å². The summed E-state index contributed by atoms with van der Waals surface area (Å²) in [4.78, 5) is 7.39. The van der Waals surface area contributed by atoms with Crippen molar-refractivity contribution < 1.29 is 5.11 Å². The van der Waals surface area contributed by atoms with Crippen LogP contribution in [0.1, 0.15) is 15.9 Å². The Kier molecular flexibility index (Phi) is 3.80. The molecule has 5 heteroatoms. The van der Waals surface area contributed by atoms with Crippen LogP contribution in [-0.2, 0) is 6.54 Å². The predicted octanol–water partition coefficient (Wildman–Crippen LogP) is 0.197. The summed E-state index contributed by atoms with van der Waals surface area (Å²) in [7, 11) is 4.01. The van der Waals surface area contributed by atoms with Crippen LogP contribution in [-0.4, -0.2) is 35.7 Å². The van der Waals surface area contributed by atoms with Crippen LogP contribution in [0.3, 0.4) is 0 Å². The number of rotatable bonds is 4. The first-order valence-corrected chi connectivity index (χ1v) is 4.91. The van der Waals surface area contributed by atoms with Crippen LogP contribution in [0.2, 0.25) is 0 Å². The zero-order chi connectivity index (χ0) is 9.84. The van der Waals surface area contributed by atoms with E-state index in [1.807, 2.05) is 20.3 Å². The summed E-state index contributed by atoms with van der Waals surface area (Å²) < 4.78 is 0. The van der Waals surface area contributed by atoms with Gasteiger partial charge in [-0.25, -0.2) is 4.98 Å². The van der Waals surface area contributed by atoms with Gasteiger partial charge >= 0.3 is 0 Å². The maximum absolute atomic E-state index is 8.81. The van der Waals surface area contributed by atoms with Crippen molar-refractivity contribution in [2.24, 2.45) is 5.73 Å². The fraction of sp³-hybridized carbons (Fsp3) is 0.625. The monoisotopic (exact) mass is 201 g/mol. The first kappa shape index (κ1) is 10.6. The SMILES string of the molecule is CN(C)Cc1cnc(C(N)CO)s1. The average Bonchev–Trinajstić information content (AvgIpc) is 2.50. The van der Waals surface area contributed by atoms with Gasteiger partial charge in [-0.05, 0) is 14.1 Å². The number of thiazole rings is 1. The van der Waals surface area contributed by atoms with E-state index in [-0.39, 0.29) is 12.6 Å². The van der Waals surface area contributed by atoms with Gasteiger partial charge in [-0.3, -0.25) is 0 Å². The summed E-state index contributed by atoms with van der Waals surface area (Å²) in [6.45, 7) is 0.824. The summed E-state index contributed by atoms with van der Waals surface area (Å²) in [5.41, 5.74) is 5.62. The fourth-order valence-corrected chi connectivity index (χ4v) is 1.99. The van der Waals surface area contributed by atoms with Crippen LogP contribution in [0, 0.1) is 0 Å². The van der Waals surface area contributed by atoms with Crippen molar-refractivity contribution in [3.05, 3.63) is 16.1 Å². The topological polar surface area (TPSA) is 62.4 Å². The van der Waals surface area contributed by atoms with E-state index in [4.69, 9.17) is 10.8 Å². The van der Waals surface area contributed by atoms with E-state index in [0.29, 0.717) is 0 Å². The molecule has 0 fully saturated rings. The van der Waals surface area contributed by atoms with Crippen LogP contribution >= 0.6 is 11.3 Å². The van der Waals surface area contributed by atoms with Crippen LogP contribution in [0.15, 0.2) is 6.20 Å². The van der Waals surface area contributed by atoms with Gasteiger partial charge < -0.3 is 15.7 Å². The van der Waals surface area contributed by atoms with Crippen LogP contribution < -0.4 is 5.73 Å². The molecule has 0 saturated heterocycles. The highest BCUT2D eigenvalue weighted by Crippen LogP contribution is 2.18. The maximum Gasteiger partial charge on any atom is 0.112 e. The quantitative estimate of drug-likeness (QED) is 0.730. The average molecular weight is 201 g/mol. The third-order valence-electron chi connectivity index (χ3n) is 1.56. The van der Waals surface area contributed by atoms with Crippen molar-refractivity contribution in [1.82, 2.24) is 9.88 Å². The molecule has 0 aromatic carbocycles. The van der Waals surface area contributed by atoms with Gasteiger partial charge in [-0.2, -0.15) is 0 Å². The van der Waals surface area contributed by atoms with E-state index in [2.05, 4.69) is 9.88 Å². The Morgan fingerprint density at radius 3 is 2.92 bits per heavy atom. The van der Waals surface area contributed by atoms with E-state index in [0.717, 1.165) is 11.6 Å². The molecule has 0 amide bonds. The fourth-order valence-electron chi connectivity index (χ4n) is 0.957. The maximum atomic E-state index is 8.81. The smallest absolute Gasteiger partial charge is 0.112 e. The predicted molar refractivity (Wildman–Crippen MR) is 53.5 cm³/mol. The zero-order valence-corrected chi connectivity index (χ0v) is 8.71. The molecule has 0 aliphatic carbocycles. The second kappa shape index (κ2) is 4.66. The molecule has 1 aromatic rings. The lowest BCUT2D eigenvalue weighted by Crippen LogP contribution is -2.13. The second-order valence-corrected chi connectivity index (χ2v) is 4.34. The first-order valence-electron chi connectivity index (χ1n) is 4.09. The Morgan fingerprint density at radius 2 is 2.38 bits per heavy atom. The van der Waals surface area contributed by atoms with Crippen molar-refractivity contribution >= 4 is 11.3 Å². The lowest BCUT2D eigenvalue weighted by molar-refractivity contribution is 0.267. The number of hydrogen-bond acceptors (Lipinski definition) is 5. The highest BCUT2D eigenvalue weighted by atomic mass is 32.1. The third-order valence-corrected chi connectivity index (χ3v) is 2.67. The largest absolute Gasteiger partial charge is 0.394 e. The molecule has 0 radical (unpaired) electrons. The van der Waals surface area contributed by atoms with Crippen molar-refractivity contribution in [3.63, 3.8) is 0 Å². The van der Waals surface area contributed by atoms with Gasteiger partial charge in [-0.1, -0.05) is 0 Å². The molecule has 1 atom stereocenters. The van der Waals surface area contributed by atoms with Gasteiger partial charge in [-0.15, -0.1) is 11.3 Å². The molecule has 3 N–H and O–H groups in total. The van der Waals surface area contributed by atoms with E-state index in [9.17, 15) is 0 Å².